The van der Waals surface area contributed by atoms with Crippen LogP contribution in [0.2, 0.25) is 0 Å². The van der Waals surface area contributed by atoms with E-state index in [0.29, 0.717) is 6.54 Å². The Hall–Kier alpha value is -2.37. The average Bonchev–Trinajstić information content (AvgIpc) is 2.92. The molecule has 0 saturated carbocycles. The minimum atomic E-state index is 0.180. The third-order valence-corrected chi connectivity index (χ3v) is 3.72. The molecular formula is C17H26N6. The van der Waals surface area contributed by atoms with Crippen molar-refractivity contribution in [3.63, 3.8) is 0 Å². The van der Waals surface area contributed by atoms with Gasteiger partial charge in [-0.2, -0.15) is 5.10 Å². The fourth-order valence-electron chi connectivity index (χ4n) is 2.17. The van der Waals surface area contributed by atoms with Crippen molar-refractivity contribution >= 4 is 5.96 Å². The molecule has 2 aromatic rings. The Morgan fingerprint density at radius 1 is 1.13 bits per heavy atom. The van der Waals surface area contributed by atoms with Gasteiger partial charge in [-0.3, -0.25) is 9.67 Å². The summed E-state index contributed by atoms with van der Waals surface area (Å²) in [5.74, 6) is 1.61. The number of benzene rings is 1. The highest BCUT2D eigenvalue weighted by atomic mass is 15.3. The second-order valence-corrected chi connectivity index (χ2v) is 6.53. The van der Waals surface area contributed by atoms with Crippen molar-refractivity contribution in [3.8, 4) is 0 Å². The minimum absolute atomic E-state index is 0.180. The zero-order valence-corrected chi connectivity index (χ0v) is 14.6. The molecule has 0 aliphatic rings. The van der Waals surface area contributed by atoms with E-state index in [4.69, 9.17) is 0 Å². The smallest absolute Gasteiger partial charge is 0.191 e. The van der Waals surface area contributed by atoms with Crippen molar-refractivity contribution in [1.82, 2.24) is 25.4 Å². The predicted molar refractivity (Wildman–Crippen MR) is 93.2 cm³/mol. The van der Waals surface area contributed by atoms with Crippen LogP contribution in [0.4, 0.5) is 0 Å². The predicted octanol–water partition coefficient (Wildman–Crippen LogP) is 1.98. The van der Waals surface area contributed by atoms with Gasteiger partial charge in [0.05, 0.1) is 6.54 Å². The largest absolute Gasteiger partial charge is 0.352 e. The van der Waals surface area contributed by atoms with Crippen LogP contribution in [0, 0.1) is 0 Å². The quantitative estimate of drug-likeness (QED) is 0.669. The fourth-order valence-corrected chi connectivity index (χ4v) is 2.17. The van der Waals surface area contributed by atoms with E-state index in [1.165, 1.54) is 11.1 Å². The van der Waals surface area contributed by atoms with Crippen molar-refractivity contribution in [3.05, 3.63) is 47.5 Å². The number of aryl methyl sites for hydroxylation is 1. The van der Waals surface area contributed by atoms with Crippen LogP contribution in [-0.4, -0.2) is 27.8 Å². The number of aliphatic imine (C=N–C) groups is 1. The van der Waals surface area contributed by atoms with Crippen LogP contribution in [0.25, 0.3) is 0 Å². The van der Waals surface area contributed by atoms with Gasteiger partial charge >= 0.3 is 0 Å². The number of guanidine groups is 1. The average molecular weight is 314 g/mol. The highest BCUT2D eigenvalue weighted by Crippen LogP contribution is 2.22. The Kier molecular flexibility index (Phi) is 5.36. The fraction of sp³-hybridized carbons (Fsp3) is 0.471. The second-order valence-electron chi connectivity index (χ2n) is 6.53. The van der Waals surface area contributed by atoms with Crippen molar-refractivity contribution in [2.24, 2.45) is 12.0 Å². The van der Waals surface area contributed by atoms with Crippen LogP contribution < -0.4 is 10.6 Å². The van der Waals surface area contributed by atoms with Crippen LogP contribution >= 0.6 is 0 Å². The van der Waals surface area contributed by atoms with E-state index < -0.39 is 0 Å². The molecule has 6 nitrogen and oxygen atoms in total. The van der Waals surface area contributed by atoms with Crippen molar-refractivity contribution in [1.29, 1.82) is 0 Å². The van der Waals surface area contributed by atoms with E-state index in [-0.39, 0.29) is 5.41 Å². The molecule has 6 heteroatoms. The standard InChI is InChI=1S/C17H26N6/c1-17(2,3)14-8-6-13(7-9-14)10-19-16(18-4)20-11-15-21-12-22-23(15)5/h6-9,12H,10-11H2,1-5H3,(H2,18,19,20). The second kappa shape index (κ2) is 7.26. The van der Waals surface area contributed by atoms with Gasteiger partial charge < -0.3 is 10.6 Å². The monoisotopic (exact) mass is 314 g/mol. The zero-order chi connectivity index (χ0) is 16.9. The number of aromatic nitrogens is 3. The van der Waals surface area contributed by atoms with Gasteiger partial charge in [0, 0.05) is 20.6 Å². The summed E-state index contributed by atoms with van der Waals surface area (Å²) in [6.45, 7) is 7.97. The summed E-state index contributed by atoms with van der Waals surface area (Å²) in [5, 5.41) is 10.6. The molecule has 0 aliphatic heterocycles. The van der Waals surface area contributed by atoms with E-state index in [1.54, 1.807) is 18.1 Å². The van der Waals surface area contributed by atoms with E-state index in [1.807, 2.05) is 7.05 Å². The molecule has 0 saturated heterocycles. The molecular weight excluding hydrogens is 288 g/mol. The number of nitrogens with one attached hydrogen (secondary N) is 2. The van der Waals surface area contributed by atoms with Crippen molar-refractivity contribution in [2.45, 2.75) is 39.3 Å². The first kappa shape index (κ1) is 17.0. The number of hydrogen-bond donors (Lipinski definition) is 2. The van der Waals surface area contributed by atoms with E-state index in [0.717, 1.165) is 18.3 Å². The molecule has 1 aromatic carbocycles. The molecule has 0 bridgehead atoms. The normalized spacial score (nSPS) is 12.3. The van der Waals surface area contributed by atoms with Gasteiger partial charge in [0.2, 0.25) is 0 Å². The lowest BCUT2D eigenvalue weighted by Crippen LogP contribution is -2.36. The van der Waals surface area contributed by atoms with Gasteiger partial charge in [-0.05, 0) is 16.5 Å². The van der Waals surface area contributed by atoms with Gasteiger partial charge in [-0.25, -0.2) is 4.98 Å². The van der Waals surface area contributed by atoms with Gasteiger partial charge in [0.15, 0.2) is 5.96 Å². The van der Waals surface area contributed by atoms with Gasteiger partial charge in [0.25, 0.3) is 0 Å². The third-order valence-electron chi connectivity index (χ3n) is 3.72. The Labute approximate surface area is 138 Å². The molecule has 1 aromatic heterocycles. The van der Waals surface area contributed by atoms with E-state index in [9.17, 15) is 0 Å². The summed E-state index contributed by atoms with van der Waals surface area (Å²) < 4.78 is 1.74. The maximum atomic E-state index is 4.23. The Morgan fingerprint density at radius 3 is 2.30 bits per heavy atom. The summed E-state index contributed by atoms with van der Waals surface area (Å²) in [6, 6.07) is 8.69. The molecule has 0 atom stereocenters. The van der Waals surface area contributed by atoms with Crippen LogP contribution in [0.15, 0.2) is 35.6 Å². The number of nitrogens with zero attached hydrogens (tertiary/aromatic N) is 4. The van der Waals surface area contributed by atoms with Crippen molar-refractivity contribution in [2.75, 3.05) is 7.05 Å². The summed E-state index contributed by atoms with van der Waals surface area (Å²) in [5.41, 5.74) is 2.74. The lowest BCUT2D eigenvalue weighted by molar-refractivity contribution is 0.590. The Balaban J connectivity index is 1.87. The zero-order valence-electron chi connectivity index (χ0n) is 14.6. The summed E-state index contributed by atoms with van der Waals surface area (Å²) in [6.07, 6.45) is 1.55. The molecule has 0 radical (unpaired) electrons. The maximum Gasteiger partial charge on any atom is 0.191 e. The molecule has 0 amide bonds. The SMILES string of the molecule is CN=C(NCc1ccc(C(C)(C)C)cc1)NCc1ncnn1C. The third kappa shape index (κ3) is 4.81. The number of rotatable bonds is 4. The van der Waals surface area contributed by atoms with Gasteiger partial charge in [-0.1, -0.05) is 45.0 Å². The first-order valence-electron chi connectivity index (χ1n) is 7.77. The van der Waals surface area contributed by atoms with Crippen LogP contribution in [0.1, 0.15) is 37.7 Å². The molecule has 23 heavy (non-hydrogen) atoms. The molecule has 1 heterocycles. The lowest BCUT2D eigenvalue weighted by atomic mass is 9.87. The summed E-state index contributed by atoms with van der Waals surface area (Å²) >= 11 is 0. The van der Waals surface area contributed by atoms with E-state index in [2.05, 4.69) is 70.7 Å². The van der Waals surface area contributed by atoms with Crippen LogP contribution in [-0.2, 0) is 25.6 Å². The van der Waals surface area contributed by atoms with Crippen LogP contribution in [0.3, 0.4) is 0 Å². The first-order chi connectivity index (χ1) is 10.9. The molecule has 2 N–H and O–H groups in total. The first-order valence-corrected chi connectivity index (χ1v) is 7.77. The minimum Gasteiger partial charge on any atom is -0.352 e. The Bertz CT molecular complexity index is 648. The highest BCUT2D eigenvalue weighted by Gasteiger charge is 2.12. The summed E-state index contributed by atoms with van der Waals surface area (Å²) in [7, 11) is 3.63. The molecule has 0 aliphatic carbocycles. The Morgan fingerprint density at radius 2 is 1.78 bits per heavy atom. The number of hydrogen-bond acceptors (Lipinski definition) is 3. The van der Waals surface area contributed by atoms with Crippen molar-refractivity contribution < 1.29 is 0 Å². The molecule has 0 spiro atoms. The molecule has 0 fully saturated rings. The molecule has 2 rings (SSSR count). The van der Waals surface area contributed by atoms with Gasteiger partial charge in [0.1, 0.15) is 12.2 Å². The molecule has 124 valence electrons. The highest BCUT2D eigenvalue weighted by molar-refractivity contribution is 5.79. The lowest BCUT2D eigenvalue weighted by Gasteiger charge is -2.19. The topological polar surface area (TPSA) is 67.1 Å². The summed E-state index contributed by atoms with van der Waals surface area (Å²) in [4.78, 5) is 8.41. The van der Waals surface area contributed by atoms with Gasteiger partial charge in [-0.15, -0.1) is 0 Å². The van der Waals surface area contributed by atoms with Crippen LogP contribution in [0.5, 0.6) is 0 Å². The molecule has 0 unspecified atom stereocenters. The van der Waals surface area contributed by atoms with E-state index >= 15 is 0 Å². The maximum absolute atomic E-state index is 4.23.